The van der Waals surface area contributed by atoms with Gasteiger partial charge in [-0.2, -0.15) is 23.5 Å². The molecule has 2 amide bonds. The smallest absolute Gasteiger partial charge is 0.326 e. The normalized spacial score (nSPS) is 11.8. The Bertz CT molecular complexity index is 300. The SMILES string of the molecule is CSCC[C@@H](NC(=O)CCSCC(N)=O)C(=O)O. The van der Waals surface area contributed by atoms with E-state index >= 15 is 0 Å². The molecule has 104 valence electrons. The Hall–Kier alpha value is -0.890. The molecule has 6 nitrogen and oxygen atoms in total. The third kappa shape index (κ3) is 9.17. The first kappa shape index (κ1) is 17.1. The standard InChI is InChI=1S/C10H18N2O4S2/c1-17-4-2-7(10(15)16)12-9(14)3-5-18-6-8(11)13/h7H,2-6H2,1H3,(H2,11,13)(H,12,14)(H,15,16)/t7-/m1/s1. The molecule has 0 fully saturated rings. The van der Waals surface area contributed by atoms with Crippen LogP contribution in [0.25, 0.3) is 0 Å². The summed E-state index contributed by atoms with van der Waals surface area (Å²) in [6, 6.07) is -0.842. The highest BCUT2D eigenvalue weighted by atomic mass is 32.2. The molecule has 0 unspecified atom stereocenters. The number of carbonyl (C=O) groups excluding carboxylic acids is 2. The summed E-state index contributed by atoms with van der Waals surface area (Å²) in [5, 5.41) is 11.4. The largest absolute Gasteiger partial charge is 0.480 e. The number of carbonyl (C=O) groups is 3. The van der Waals surface area contributed by atoms with Crippen LogP contribution in [0, 0.1) is 0 Å². The van der Waals surface area contributed by atoms with Crippen LogP contribution in [0.1, 0.15) is 12.8 Å². The molecule has 0 heterocycles. The topological polar surface area (TPSA) is 109 Å². The lowest BCUT2D eigenvalue weighted by atomic mass is 10.2. The van der Waals surface area contributed by atoms with Gasteiger partial charge in [0.2, 0.25) is 11.8 Å². The summed E-state index contributed by atoms with van der Waals surface area (Å²) >= 11 is 2.79. The van der Waals surface area contributed by atoms with E-state index < -0.39 is 17.9 Å². The fraction of sp³-hybridized carbons (Fsp3) is 0.700. The van der Waals surface area contributed by atoms with Crippen molar-refractivity contribution in [2.45, 2.75) is 18.9 Å². The molecule has 0 bridgehead atoms. The van der Waals surface area contributed by atoms with Gasteiger partial charge in [0.15, 0.2) is 0 Å². The third-order valence-corrected chi connectivity index (χ3v) is 3.59. The summed E-state index contributed by atoms with van der Waals surface area (Å²) in [5.41, 5.74) is 4.94. The second kappa shape index (κ2) is 10.1. The van der Waals surface area contributed by atoms with Crippen molar-refractivity contribution in [3.8, 4) is 0 Å². The number of nitrogens with two attached hydrogens (primary N) is 1. The van der Waals surface area contributed by atoms with Crippen LogP contribution in [0.4, 0.5) is 0 Å². The molecule has 0 saturated heterocycles. The van der Waals surface area contributed by atoms with Gasteiger partial charge < -0.3 is 16.2 Å². The molecule has 0 spiro atoms. The van der Waals surface area contributed by atoms with Gasteiger partial charge in [-0.1, -0.05) is 0 Å². The molecule has 0 aliphatic heterocycles. The monoisotopic (exact) mass is 294 g/mol. The number of carboxylic acid groups (broad SMARTS) is 1. The van der Waals surface area contributed by atoms with E-state index in [-0.39, 0.29) is 18.1 Å². The number of hydrogen-bond donors (Lipinski definition) is 3. The zero-order valence-corrected chi connectivity index (χ0v) is 11.8. The fourth-order valence-corrected chi connectivity index (χ4v) is 2.24. The van der Waals surface area contributed by atoms with E-state index in [0.29, 0.717) is 17.9 Å². The second-order valence-electron chi connectivity index (χ2n) is 3.51. The first-order valence-corrected chi connectivity index (χ1v) is 7.89. The summed E-state index contributed by atoms with van der Waals surface area (Å²) in [4.78, 5) is 32.8. The van der Waals surface area contributed by atoms with Crippen molar-refractivity contribution in [1.29, 1.82) is 0 Å². The van der Waals surface area contributed by atoms with Gasteiger partial charge >= 0.3 is 5.97 Å². The van der Waals surface area contributed by atoms with E-state index in [1.54, 1.807) is 0 Å². The predicted octanol–water partition coefficient (Wildman–Crippen LogP) is -0.0825. The van der Waals surface area contributed by atoms with Crippen molar-refractivity contribution in [3.63, 3.8) is 0 Å². The molecule has 0 radical (unpaired) electrons. The van der Waals surface area contributed by atoms with E-state index in [2.05, 4.69) is 5.32 Å². The lowest BCUT2D eigenvalue weighted by Gasteiger charge is -2.13. The molecule has 0 rings (SSSR count). The first-order valence-electron chi connectivity index (χ1n) is 5.34. The maximum absolute atomic E-state index is 11.5. The number of carboxylic acids is 1. The lowest BCUT2D eigenvalue weighted by molar-refractivity contribution is -0.141. The van der Waals surface area contributed by atoms with E-state index in [0.717, 1.165) is 0 Å². The Morgan fingerprint density at radius 3 is 2.50 bits per heavy atom. The van der Waals surface area contributed by atoms with Crippen molar-refractivity contribution in [2.24, 2.45) is 5.73 Å². The molecule has 0 aromatic carbocycles. The van der Waals surface area contributed by atoms with Crippen molar-refractivity contribution in [1.82, 2.24) is 5.32 Å². The number of amides is 2. The lowest BCUT2D eigenvalue weighted by Crippen LogP contribution is -2.41. The van der Waals surface area contributed by atoms with Crippen LogP contribution in [0.5, 0.6) is 0 Å². The van der Waals surface area contributed by atoms with Gasteiger partial charge in [-0.15, -0.1) is 0 Å². The molecular weight excluding hydrogens is 276 g/mol. The van der Waals surface area contributed by atoms with Gasteiger partial charge in [-0.25, -0.2) is 4.79 Å². The molecule has 18 heavy (non-hydrogen) atoms. The van der Waals surface area contributed by atoms with Crippen LogP contribution in [0.3, 0.4) is 0 Å². The zero-order valence-electron chi connectivity index (χ0n) is 10.2. The number of thioether (sulfide) groups is 2. The minimum atomic E-state index is -1.03. The molecular formula is C10H18N2O4S2. The van der Waals surface area contributed by atoms with Crippen LogP contribution < -0.4 is 11.1 Å². The van der Waals surface area contributed by atoms with Crippen LogP contribution >= 0.6 is 23.5 Å². The predicted molar refractivity (Wildman–Crippen MR) is 73.7 cm³/mol. The molecule has 1 atom stereocenters. The minimum absolute atomic E-state index is 0.169. The van der Waals surface area contributed by atoms with Crippen LogP contribution in [-0.2, 0) is 14.4 Å². The summed E-state index contributed by atoms with van der Waals surface area (Å²) in [6.07, 6.45) is 2.46. The van der Waals surface area contributed by atoms with E-state index in [9.17, 15) is 14.4 Å². The van der Waals surface area contributed by atoms with Gasteiger partial charge in [-0.3, -0.25) is 9.59 Å². The quantitative estimate of drug-likeness (QED) is 0.486. The van der Waals surface area contributed by atoms with Gasteiger partial charge in [-0.05, 0) is 18.4 Å². The zero-order chi connectivity index (χ0) is 14.0. The average Bonchev–Trinajstić information content (AvgIpc) is 2.29. The van der Waals surface area contributed by atoms with Gasteiger partial charge in [0.1, 0.15) is 6.04 Å². The molecule has 8 heteroatoms. The second-order valence-corrected chi connectivity index (χ2v) is 5.60. The number of rotatable bonds is 10. The Balaban J connectivity index is 3.87. The summed E-state index contributed by atoms with van der Waals surface area (Å²) in [6.45, 7) is 0. The third-order valence-electron chi connectivity index (χ3n) is 1.96. The molecule has 0 aliphatic carbocycles. The Kier molecular flexibility index (Phi) is 9.57. The highest BCUT2D eigenvalue weighted by Gasteiger charge is 2.18. The molecule has 4 N–H and O–H groups in total. The van der Waals surface area contributed by atoms with E-state index in [4.69, 9.17) is 10.8 Å². The molecule has 0 aliphatic rings. The minimum Gasteiger partial charge on any atom is -0.480 e. The van der Waals surface area contributed by atoms with Crippen molar-refractivity contribution in [2.75, 3.05) is 23.5 Å². The number of nitrogens with one attached hydrogen (secondary N) is 1. The maximum atomic E-state index is 11.5. The first-order chi connectivity index (χ1) is 8.47. The Morgan fingerprint density at radius 2 is 2.00 bits per heavy atom. The van der Waals surface area contributed by atoms with Crippen molar-refractivity contribution < 1.29 is 19.5 Å². The molecule has 0 aromatic heterocycles. The van der Waals surface area contributed by atoms with E-state index in [1.807, 2.05) is 6.26 Å². The van der Waals surface area contributed by atoms with Gasteiger partial charge in [0.05, 0.1) is 5.75 Å². The van der Waals surface area contributed by atoms with Crippen LogP contribution in [0.15, 0.2) is 0 Å². The highest BCUT2D eigenvalue weighted by molar-refractivity contribution is 7.99. The van der Waals surface area contributed by atoms with Crippen molar-refractivity contribution in [3.05, 3.63) is 0 Å². The molecule has 0 aromatic rings. The van der Waals surface area contributed by atoms with E-state index in [1.165, 1.54) is 23.5 Å². The summed E-state index contributed by atoms with van der Waals surface area (Å²) < 4.78 is 0. The van der Waals surface area contributed by atoms with Crippen molar-refractivity contribution >= 4 is 41.3 Å². The molecule has 0 saturated carbocycles. The Morgan fingerprint density at radius 1 is 1.33 bits per heavy atom. The summed E-state index contributed by atoms with van der Waals surface area (Å²) in [5.74, 6) is -0.481. The Labute approximate surface area is 114 Å². The highest BCUT2D eigenvalue weighted by Crippen LogP contribution is 2.04. The number of aliphatic carboxylic acids is 1. The number of hydrogen-bond acceptors (Lipinski definition) is 5. The van der Waals surface area contributed by atoms with Gasteiger partial charge in [0, 0.05) is 12.2 Å². The average molecular weight is 294 g/mol. The van der Waals surface area contributed by atoms with Crippen LogP contribution in [-0.4, -0.2) is 52.4 Å². The van der Waals surface area contributed by atoms with Gasteiger partial charge in [0.25, 0.3) is 0 Å². The maximum Gasteiger partial charge on any atom is 0.326 e. The fourth-order valence-electron chi connectivity index (χ4n) is 1.10. The number of primary amides is 1. The van der Waals surface area contributed by atoms with Crippen LogP contribution in [0.2, 0.25) is 0 Å². The summed E-state index contributed by atoms with van der Waals surface area (Å²) in [7, 11) is 0.